The fourth-order valence-electron chi connectivity index (χ4n) is 1.56. The number of hydrogen-bond donors (Lipinski definition) is 1. The number of benzene rings is 1. The van der Waals surface area contributed by atoms with E-state index in [2.05, 4.69) is 15.9 Å². The van der Waals surface area contributed by atoms with Crippen molar-refractivity contribution in [3.8, 4) is 0 Å². The number of nitro benzene ring substituents is 1. The van der Waals surface area contributed by atoms with Crippen molar-refractivity contribution in [3.63, 3.8) is 0 Å². The lowest BCUT2D eigenvalue weighted by atomic mass is 10.1. The molecule has 116 valence electrons. The Morgan fingerprint density at radius 1 is 1.43 bits per heavy atom. The number of amides is 1. The van der Waals surface area contributed by atoms with E-state index in [4.69, 9.17) is 5.11 Å². The highest BCUT2D eigenvalue weighted by molar-refractivity contribution is 9.10. The topological polar surface area (TPSA) is 83.7 Å². The van der Waals surface area contributed by atoms with Crippen LogP contribution in [-0.2, 0) is 0 Å². The predicted molar refractivity (Wildman–Crippen MR) is 69.8 cm³/mol. The summed E-state index contributed by atoms with van der Waals surface area (Å²) in [6.07, 6.45) is -4.63. The quantitative estimate of drug-likeness (QED) is 0.636. The molecule has 0 fully saturated rings. The first-order chi connectivity index (χ1) is 9.65. The van der Waals surface area contributed by atoms with Gasteiger partial charge in [0, 0.05) is 18.2 Å². The van der Waals surface area contributed by atoms with Crippen LogP contribution in [0.4, 0.5) is 18.9 Å². The van der Waals surface area contributed by atoms with E-state index in [9.17, 15) is 28.1 Å². The number of hydrogen-bond acceptors (Lipinski definition) is 4. The zero-order valence-corrected chi connectivity index (χ0v) is 12.0. The number of alkyl halides is 3. The Bertz CT molecular complexity index is 551. The van der Waals surface area contributed by atoms with Crippen LogP contribution >= 0.6 is 15.9 Å². The molecule has 0 saturated heterocycles. The lowest BCUT2D eigenvalue weighted by molar-refractivity contribution is -0.385. The average Bonchev–Trinajstić information content (AvgIpc) is 2.36. The van der Waals surface area contributed by atoms with Gasteiger partial charge in [-0.3, -0.25) is 14.9 Å². The molecular weight excluding hydrogens is 361 g/mol. The summed E-state index contributed by atoms with van der Waals surface area (Å²) in [7, 11) is 0. The Labute approximate surface area is 125 Å². The van der Waals surface area contributed by atoms with Crippen LogP contribution in [0.2, 0.25) is 0 Å². The van der Waals surface area contributed by atoms with Crippen LogP contribution in [-0.4, -0.2) is 46.7 Å². The fraction of sp³-hybridized carbons (Fsp3) is 0.364. The minimum atomic E-state index is -4.63. The summed E-state index contributed by atoms with van der Waals surface area (Å²) in [6.45, 7) is -2.72. The Balaban J connectivity index is 3.09. The van der Waals surface area contributed by atoms with Gasteiger partial charge in [0.25, 0.3) is 11.6 Å². The minimum absolute atomic E-state index is 0.105. The van der Waals surface area contributed by atoms with E-state index in [1.54, 1.807) is 0 Å². The van der Waals surface area contributed by atoms with Gasteiger partial charge in [0.05, 0.1) is 16.0 Å². The molecule has 10 heteroatoms. The van der Waals surface area contributed by atoms with E-state index in [-0.39, 0.29) is 10.0 Å². The van der Waals surface area contributed by atoms with Gasteiger partial charge in [-0.1, -0.05) is 0 Å². The van der Waals surface area contributed by atoms with Crippen LogP contribution in [0.3, 0.4) is 0 Å². The molecule has 1 aromatic rings. The summed E-state index contributed by atoms with van der Waals surface area (Å²) < 4.78 is 37.3. The molecule has 1 amide bonds. The summed E-state index contributed by atoms with van der Waals surface area (Å²) in [5.41, 5.74) is -0.695. The Kier molecular flexibility index (Phi) is 5.67. The maximum atomic E-state index is 12.4. The maximum absolute atomic E-state index is 12.4. The van der Waals surface area contributed by atoms with Crippen LogP contribution in [0.25, 0.3) is 0 Å². The van der Waals surface area contributed by atoms with Gasteiger partial charge in [-0.2, -0.15) is 13.2 Å². The van der Waals surface area contributed by atoms with Gasteiger partial charge in [0.1, 0.15) is 6.54 Å². The van der Waals surface area contributed by atoms with Gasteiger partial charge in [0.2, 0.25) is 0 Å². The molecule has 1 N–H and O–H groups in total. The van der Waals surface area contributed by atoms with Gasteiger partial charge >= 0.3 is 6.18 Å². The average molecular weight is 371 g/mol. The second-order valence-electron chi connectivity index (χ2n) is 3.99. The molecule has 0 atom stereocenters. The van der Waals surface area contributed by atoms with Crippen molar-refractivity contribution in [3.05, 3.63) is 38.3 Å². The first kappa shape index (κ1) is 17.4. The molecule has 21 heavy (non-hydrogen) atoms. The van der Waals surface area contributed by atoms with Crippen LogP contribution in [0, 0.1) is 10.1 Å². The summed E-state index contributed by atoms with van der Waals surface area (Å²) in [5, 5.41) is 19.5. The standard InChI is InChI=1S/C11H10BrF3N2O4/c12-8-2-1-7(5-9(8)17(20)21)10(19)16(3-4-18)6-11(13,14)15/h1-2,5,18H,3-4,6H2. The van der Waals surface area contributed by atoms with E-state index in [0.717, 1.165) is 6.07 Å². The van der Waals surface area contributed by atoms with Crippen molar-refractivity contribution in [1.29, 1.82) is 0 Å². The maximum Gasteiger partial charge on any atom is 0.406 e. The first-order valence-electron chi connectivity index (χ1n) is 5.56. The van der Waals surface area contributed by atoms with Crippen molar-refractivity contribution in [2.24, 2.45) is 0 Å². The van der Waals surface area contributed by atoms with Gasteiger partial charge in [-0.25, -0.2) is 0 Å². The number of carbonyl (C=O) groups is 1. The Morgan fingerprint density at radius 2 is 2.05 bits per heavy atom. The smallest absolute Gasteiger partial charge is 0.395 e. The van der Waals surface area contributed by atoms with E-state index in [1.165, 1.54) is 12.1 Å². The first-order valence-corrected chi connectivity index (χ1v) is 6.36. The minimum Gasteiger partial charge on any atom is -0.395 e. The molecule has 0 aliphatic rings. The molecule has 0 radical (unpaired) electrons. The third-order valence-corrected chi connectivity index (χ3v) is 3.09. The number of aliphatic hydroxyl groups excluding tert-OH is 1. The zero-order chi connectivity index (χ0) is 16.2. The van der Waals surface area contributed by atoms with Crippen molar-refractivity contribution in [2.75, 3.05) is 19.7 Å². The van der Waals surface area contributed by atoms with Crippen molar-refractivity contribution in [1.82, 2.24) is 4.90 Å². The van der Waals surface area contributed by atoms with Crippen LogP contribution in [0.15, 0.2) is 22.7 Å². The van der Waals surface area contributed by atoms with E-state index in [0.29, 0.717) is 4.90 Å². The highest BCUT2D eigenvalue weighted by atomic mass is 79.9. The van der Waals surface area contributed by atoms with E-state index < -0.39 is 42.4 Å². The number of halogens is 4. The zero-order valence-electron chi connectivity index (χ0n) is 10.4. The molecule has 0 saturated carbocycles. The second-order valence-corrected chi connectivity index (χ2v) is 4.84. The third-order valence-electron chi connectivity index (χ3n) is 2.42. The molecule has 0 heterocycles. The SMILES string of the molecule is O=C(c1ccc(Br)c([N+](=O)[O-])c1)N(CCO)CC(F)(F)F. The van der Waals surface area contributed by atoms with Gasteiger partial charge in [0.15, 0.2) is 0 Å². The lowest BCUT2D eigenvalue weighted by Crippen LogP contribution is -2.40. The number of nitrogens with zero attached hydrogens (tertiary/aromatic N) is 2. The van der Waals surface area contributed by atoms with Crippen molar-refractivity contribution in [2.45, 2.75) is 6.18 Å². The van der Waals surface area contributed by atoms with Crippen LogP contribution < -0.4 is 0 Å². The monoisotopic (exact) mass is 370 g/mol. The molecular formula is C11H10BrF3N2O4. The van der Waals surface area contributed by atoms with Crippen LogP contribution in [0.1, 0.15) is 10.4 Å². The molecule has 0 bridgehead atoms. The van der Waals surface area contributed by atoms with E-state index >= 15 is 0 Å². The molecule has 0 spiro atoms. The molecule has 6 nitrogen and oxygen atoms in total. The largest absolute Gasteiger partial charge is 0.406 e. The second kappa shape index (κ2) is 6.85. The predicted octanol–water partition coefficient (Wildman–Crippen LogP) is 2.35. The molecule has 1 aromatic carbocycles. The van der Waals surface area contributed by atoms with Gasteiger partial charge in [-0.05, 0) is 28.1 Å². The Morgan fingerprint density at radius 3 is 2.52 bits per heavy atom. The fourth-order valence-corrected chi connectivity index (χ4v) is 1.95. The summed E-state index contributed by atoms with van der Waals surface area (Å²) in [5.74, 6) is -1.04. The highest BCUT2D eigenvalue weighted by Crippen LogP contribution is 2.26. The summed E-state index contributed by atoms with van der Waals surface area (Å²) in [6, 6.07) is 3.25. The lowest BCUT2D eigenvalue weighted by Gasteiger charge is -2.23. The molecule has 1 rings (SSSR count). The molecule has 0 aliphatic carbocycles. The summed E-state index contributed by atoms with van der Waals surface area (Å²) in [4.78, 5) is 22.3. The van der Waals surface area contributed by atoms with Crippen LogP contribution in [0.5, 0.6) is 0 Å². The number of carbonyl (C=O) groups excluding carboxylic acids is 1. The van der Waals surface area contributed by atoms with Gasteiger partial charge < -0.3 is 10.0 Å². The number of rotatable bonds is 5. The normalized spacial score (nSPS) is 11.3. The molecule has 0 aliphatic heterocycles. The Hall–Kier alpha value is -1.68. The molecule has 0 aromatic heterocycles. The summed E-state index contributed by atoms with van der Waals surface area (Å²) >= 11 is 2.91. The van der Waals surface area contributed by atoms with Crippen molar-refractivity contribution >= 4 is 27.5 Å². The molecule has 0 unspecified atom stereocenters. The van der Waals surface area contributed by atoms with Gasteiger partial charge in [-0.15, -0.1) is 0 Å². The van der Waals surface area contributed by atoms with E-state index in [1.807, 2.05) is 0 Å². The third kappa shape index (κ3) is 4.97. The number of aliphatic hydroxyl groups is 1. The highest BCUT2D eigenvalue weighted by Gasteiger charge is 2.33. The van der Waals surface area contributed by atoms with Crippen molar-refractivity contribution < 1.29 is 28.0 Å². The number of nitro groups is 1.